The van der Waals surface area contributed by atoms with Crippen molar-refractivity contribution in [1.82, 2.24) is 10.3 Å². The van der Waals surface area contributed by atoms with Gasteiger partial charge in [0.2, 0.25) is 0 Å². The quantitative estimate of drug-likeness (QED) is 0.474. The number of aromatic nitrogens is 1. The van der Waals surface area contributed by atoms with Gasteiger partial charge in [0.25, 0.3) is 5.91 Å². The molecule has 0 spiro atoms. The molecule has 2 N–H and O–H groups in total. The van der Waals surface area contributed by atoms with Crippen LogP contribution < -0.4 is 10.6 Å². The van der Waals surface area contributed by atoms with E-state index >= 15 is 0 Å². The molecule has 4 nitrogen and oxygen atoms in total. The van der Waals surface area contributed by atoms with Gasteiger partial charge in [-0.25, -0.2) is 4.98 Å². The first kappa shape index (κ1) is 22.4. The van der Waals surface area contributed by atoms with Crippen molar-refractivity contribution in [2.24, 2.45) is 0 Å². The molecule has 1 saturated carbocycles. The summed E-state index contributed by atoms with van der Waals surface area (Å²) in [4.78, 5) is 16.3. The van der Waals surface area contributed by atoms with Crippen LogP contribution in [0.15, 0.2) is 48.5 Å². The molecule has 1 aliphatic rings. The van der Waals surface area contributed by atoms with E-state index in [1.807, 2.05) is 19.1 Å². The lowest BCUT2D eigenvalue weighted by Crippen LogP contribution is -2.41. The number of alkyl halides is 3. The summed E-state index contributed by atoms with van der Waals surface area (Å²) in [5.41, 5.74) is 1.30. The van der Waals surface area contributed by atoms with Crippen LogP contribution in [0.2, 0.25) is 5.02 Å². The van der Waals surface area contributed by atoms with Crippen LogP contribution in [0.4, 0.5) is 18.9 Å². The molecule has 1 aliphatic carbocycles. The molecule has 0 aliphatic heterocycles. The van der Waals surface area contributed by atoms with E-state index in [0.29, 0.717) is 28.1 Å². The van der Waals surface area contributed by atoms with Crippen LogP contribution in [0.25, 0.3) is 10.9 Å². The van der Waals surface area contributed by atoms with Crippen LogP contribution in [-0.4, -0.2) is 23.0 Å². The zero-order valence-electron chi connectivity index (χ0n) is 17.5. The first-order chi connectivity index (χ1) is 15.2. The Labute approximate surface area is 189 Å². The lowest BCUT2D eigenvalue weighted by molar-refractivity contribution is -0.140. The number of rotatable bonds is 4. The van der Waals surface area contributed by atoms with E-state index in [0.717, 1.165) is 30.9 Å². The topological polar surface area (TPSA) is 54.0 Å². The summed E-state index contributed by atoms with van der Waals surface area (Å²) in [5.74, 6) is -0.142. The number of anilines is 1. The zero-order valence-corrected chi connectivity index (χ0v) is 18.2. The van der Waals surface area contributed by atoms with Crippen molar-refractivity contribution in [2.45, 2.75) is 50.9 Å². The van der Waals surface area contributed by atoms with Crippen LogP contribution in [-0.2, 0) is 6.18 Å². The summed E-state index contributed by atoms with van der Waals surface area (Å²) >= 11 is 6.09. The smallest absolute Gasteiger partial charge is 0.382 e. The van der Waals surface area contributed by atoms with Crippen LogP contribution in [0, 0.1) is 6.92 Å². The minimum atomic E-state index is -4.55. The van der Waals surface area contributed by atoms with Crippen molar-refractivity contribution in [1.29, 1.82) is 0 Å². The summed E-state index contributed by atoms with van der Waals surface area (Å²) in [5, 5.41) is 7.29. The van der Waals surface area contributed by atoms with Crippen molar-refractivity contribution in [3.05, 3.63) is 70.4 Å². The standard InChI is InChI=1S/C24H23ClF3N3O/c1-14-5-7-15(8-6-14)23(32)30-18-4-2-3-17(12-18)29-21-13-22(24(26,27)28)31-20-10-9-16(25)11-19(20)21/h5-11,13,17-18H,2-4,12H2,1H3,(H,29,31)(H,30,32)/t17-,18+/m0/s1. The van der Waals surface area contributed by atoms with Gasteiger partial charge in [0.1, 0.15) is 5.69 Å². The van der Waals surface area contributed by atoms with Gasteiger partial charge in [0, 0.05) is 33.7 Å². The predicted octanol–water partition coefficient (Wildman–Crippen LogP) is 6.37. The number of carbonyl (C=O) groups excluding carboxylic acids is 1. The molecule has 1 fully saturated rings. The van der Waals surface area contributed by atoms with Crippen molar-refractivity contribution >= 4 is 34.1 Å². The average Bonchev–Trinajstić information content (AvgIpc) is 2.74. The maximum atomic E-state index is 13.4. The number of aryl methyl sites for hydroxylation is 1. The Bertz CT molecular complexity index is 1130. The highest BCUT2D eigenvalue weighted by Gasteiger charge is 2.34. The second kappa shape index (κ2) is 8.98. The van der Waals surface area contributed by atoms with Gasteiger partial charge in [0.05, 0.1) is 5.52 Å². The summed E-state index contributed by atoms with van der Waals surface area (Å²) in [6, 6.07) is 12.9. The molecule has 1 aromatic heterocycles. The highest BCUT2D eigenvalue weighted by atomic mass is 35.5. The van der Waals surface area contributed by atoms with E-state index in [4.69, 9.17) is 11.6 Å². The van der Waals surface area contributed by atoms with E-state index in [1.165, 1.54) is 12.1 Å². The number of carbonyl (C=O) groups is 1. The van der Waals surface area contributed by atoms with E-state index in [1.54, 1.807) is 18.2 Å². The zero-order chi connectivity index (χ0) is 22.9. The monoisotopic (exact) mass is 461 g/mol. The summed E-state index contributed by atoms with van der Waals surface area (Å²) in [6.45, 7) is 1.96. The van der Waals surface area contributed by atoms with Gasteiger partial charge in [-0.1, -0.05) is 29.3 Å². The van der Waals surface area contributed by atoms with Gasteiger partial charge < -0.3 is 10.6 Å². The molecule has 2 atom stereocenters. The Morgan fingerprint density at radius 3 is 2.50 bits per heavy atom. The second-order valence-electron chi connectivity index (χ2n) is 8.26. The van der Waals surface area contributed by atoms with Gasteiger partial charge in [0.15, 0.2) is 0 Å². The third-order valence-electron chi connectivity index (χ3n) is 5.74. The van der Waals surface area contributed by atoms with Crippen LogP contribution in [0.5, 0.6) is 0 Å². The first-order valence-electron chi connectivity index (χ1n) is 10.5. The highest BCUT2D eigenvalue weighted by Crippen LogP contribution is 2.35. The number of nitrogens with one attached hydrogen (secondary N) is 2. The molecule has 4 rings (SSSR count). The van der Waals surface area contributed by atoms with E-state index in [2.05, 4.69) is 15.6 Å². The summed E-state index contributed by atoms with van der Waals surface area (Å²) in [7, 11) is 0. The fourth-order valence-corrected chi connectivity index (χ4v) is 4.28. The lowest BCUT2D eigenvalue weighted by atomic mass is 9.90. The molecule has 1 heterocycles. The maximum absolute atomic E-state index is 13.4. The molecular formula is C24H23ClF3N3O. The largest absolute Gasteiger partial charge is 0.433 e. The Hall–Kier alpha value is -2.80. The molecule has 168 valence electrons. The fourth-order valence-electron chi connectivity index (χ4n) is 4.11. The maximum Gasteiger partial charge on any atom is 0.433 e. The van der Waals surface area contributed by atoms with Crippen LogP contribution in [0.3, 0.4) is 0 Å². The Morgan fingerprint density at radius 2 is 1.78 bits per heavy atom. The van der Waals surface area contributed by atoms with Crippen molar-refractivity contribution in [3.63, 3.8) is 0 Å². The third kappa shape index (κ3) is 5.15. The average molecular weight is 462 g/mol. The molecule has 0 bridgehead atoms. The molecule has 0 radical (unpaired) electrons. The Balaban J connectivity index is 1.52. The number of fused-ring (bicyclic) bond motifs is 1. The molecule has 0 unspecified atom stereocenters. The lowest BCUT2D eigenvalue weighted by Gasteiger charge is -2.31. The van der Waals surface area contributed by atoms with E-state index < -0.39 is 11.9 Å². The van der Waals surface area contributed by atoms with Gasteiger partial charge >= 0.3 is 6.18 Å². The van der Waals surface area contributed by atoms with Crippen molar-refractivity contribution < 1.29 is 18.0 Å². The van der Waals surface area contributed by atoms with E-state index in [9.17, 15) is 18.0 Å². The third-order valence-corrected chi connectivity index (χ3v) is 5.98. The Morgan fingerprint density at radius 1 is 1.06 bits per heavy atom. The van der Waals surface area contributed by atoms with Crippen LogP contribution >= 0.6 is 11.6 Å². The van der Waals surface area contributed by atoms with Crippen molar-refractivity contribution in [2.75, 3.05) is 5.32 Å². The first-order valence-corrected chi connectivity index (χ1v) is 10.9. The number of benzene rings is 2. The number of hydrogen-bond acceptors (Lipinski definition) is 3. The van der Waals surface area contributed by atoms with Crippen molar-refractivity contribution in [3.8, 4) is 0 Å². The van der Waals surface area contributed by atoms with Crippen LogP contribution in [0.1, 0.15) is 47.3 Å². The number of halogens is 4. The highest BCUT2D eigenvalue weighted by molar-refractivity contribution is 6.31. The minimum absolute atomic E-state index is 0.0613. The summed E-state index contributed by atoms with van der Waals surface area (Å²) in [6.07, 6.45) is -1.47. The molecule has 32 heavy (non-hydrogen) atoms. The van der Waals surface area contributed by atoms with E-state index in [-0.39, 0.29) is 23.5 Å². The predicted molar refractivity (Wildman–Crippen MR) is 120 cm³/mol. The number of hydrogen-bond donors (Lipinski definition) is 2. The summed E-state index contributed by atoms with van der Waals surface area (Å²) < 4.78 is 40.1. The Kier molecular flexibility index (Phi) is 6.29. The van der Waals surface area contributed by atoms with Gasteiger partial charge in [-0.05, 0) is 69.0 Å². The minimum Gasteiger partial charge on any atom is -0.382 e. The molecular weight excluding hydrogens is 439 g/mol. The molecule has 2 aromatic carbocycles. The number of pyridine rings is 1. The van der Waals surface area contributed by atoms with Gasteiger partial charge in [-0.3, -0.25) is 4.79 Å². The fraction of sp³-hybridized carbons (Fsp3) is 0.333. The molecule has 8 heteroatoms. The van der Waals surface area contributed by atoms with Gasteiger partial charge in [-0.15, -0.1) is 0 Å². The number of amides is 1. The molecule has 0 saturated heterocycles. The molecule has 3 aromatic rings. The SMILES string of the molecule is Cc1ccc(C(=O)N[C@@H]2CCC[C@H](Nc3cc(C(F)(F)F)nc4ccc(Cl)cc34)C2)cc1. The second-order valence-corrected chi connectivity index (χ2v) is 8.69. The van der Waals surface area contributed by atoms with Gasteiger partial charge in [-0.2, -0.15) is 13.2 Å². The molecule has 1 amide bonds. The number of nitrogens with zero attached hydrogens (tertiary/aromatic N) is 1. The normalized spacial score (nSPS) is 19.0.